The lowest BCUT2D eigenvalue weighted by Gasteiger charge is -2.23. The number of benzene rings is 2. The molecule has 0 unspecified atom stereocenters. The van der Waals surface area contributed by atoms with Crippen LogP contribution in [-0.2, 0) is 27.2 Å². The van der Waals surface area contributed by atoms with Gasteiger partial charge in [-0.3, -0.25) is 9.59 Å². The summed E-state index contributed by atoms with van der Waals surface area (Å²) in [6.07, 6.45) is -0.220. The van der Waals surface area contributed by atoms with Gasteiger partial charge < -0.3 is 24.9 Å². The van der Waals surface area contributed by atoms with Gasteiger partial charge in [-0.15, -0.1) is 0 Å². The average Bonchev–Trinajstić information content (AvgIpc) is 2.85. The fraction of sp³-hybridized carbons (Fsp3) is 0.333. The first-order valence-corrected chi connectivity index (χ1v) is 12.1. The number of carbonyl (C=O) groups is 3. The van der Waals surface area contributed by atoms with Gasteiger partial charge in [-0.2, -0.15) is 0 Å². The molecule has 0 fully saturated rings. The van der Waals surface area contributed by atoms with E-state index < -0.39 is 35.5 Å². The quantitative estimate of drug-likeness (QED) is 0.344. The first-order valence-electron chi connectivity index (χ1n) is 11.7. The second-order valence-electron chi connectivity index (χ2n) is 9.03. The van der Waals surface area contributed by atoms with Crippen LogP contribution in [0.5, 0.6) is 5.75 Å². The summed E-state index contributed by atoms with van der Waals surface area (Å²) in [6.45, 7) is 5.03. The highest BCUT2D eigenvalue weighted by Crippen LogP contribution is 2.31. The predicted octanol–water partition coefficient (Wildman–Crippen LogP) is 3.26. The van der Waals surface area contributed by atoms with Gasteiger partial charge in [-0.05, 0) is 30.0 Å². The van der Waals surface area contributed by atoms with Crippen molar-refractivity contribution >= 4 is 40.4 Å². The number of carboxylic acids is 1. The molecule has 2 amide bonds. The lowest BCUT2D eigenvalue weighted by Crippen LogP contribution is -2.54. The molecule has 3 aromatic rings. The lowest BCUT2D eigenvalue weighted by molar-refractivity contribution is -0.143. The fourth-order valence-electron chi connectivity index (χ4n) is 3.98. The maximum Gasteiger partial charge on any atom is 0.340 e. The molecule has 2 aromatic carbocycles. The fourth-order valence-corrected chi connectivity index (χ4v) is 4.22. The van der Waals surface area contributed by atoms with E-state index >= 15 is 0 Å². The minimum atomic E-state index is -1.17. The molecule has 2 atom stereocenters. The number of nitrogens with one attached hydrogen (secondary N) is 2. The maximum absolute atomic E-state index is 13.1. The topological polar surface area (TPSA) is 135 Å². The third-order valence-electron chi connectivity index (χ3n) is 6.06. The van der Waals surface area contributed by atoms with Crippen LogP contribution in [-0.4, -0.2) is 42.1 Å². The third-order valence-corrected chi connectivity index (χ3v) is 6.36. The number of amides is 2. The third kappa shape index (κ3) is 6.68. The largest absolute Gasteiger partial charge is 0.495 e. The zero-order chi connectivity index (χ0) is 27.3. The van der Waals surface area contributed by atoms with Crippen LogP contribution in [0.4, 0.5) is 0 Å². The van der Waals surface area contributed by atoms with Crippen molar-refractivity contribution in [1.82, 2.24) is 10.6 Å². The van der Waals surface area contributed by atoms with E-state index in [2.05, 4.69) is 10.6 Å². The molecule has 0 radical (unpaired) electrons. The van der Waals surface area contributed by atoms with Gasteiger partial charge in [0.1, 0.15) is 23.4 Å². The van der Waals surface area contributed by atoms with Gasteiger partial charge in [0.2, 0.25) is 11.8 Å². The van der Waals surface area contributed by atoms with Gasteiger partial charge in [0, 0.05) is 17.9 Å². The van der Waals surface area contributed by atoms with E-state index in [-0.39, 0.29) is 29.9 Å². The first kappa shape index (κ1) is 27.7. The Balaban J connectivity index is 1.87. The Morgan fingerprint density at radius 3 is 2.38 bits per heavy atom. The van der Waals surface area contributed by atoms with Crippen molar-refractivity contribution in [3.63, 3.8) is 0 Å². The molecule has 196 valence electrons. The highest BCUT2D eigenvalue weighted by atomic mass is 35.5. The summed E-state index contributed by atoms with van der Waals surface area (Å²) < 4.78 is 10.6. The molecule has 3 N–H and O–H groups in total. The standard InChI is InChI=1S/C27H29ClN2O7/c1-14(2)24(26(33)34)30-25(32)20(10-16-8-6-5-7-9-16)29-23(31)12-18-15(3)17-11-19(28)22(36-4)13-21(17)37-27(18)35/h5-9,11,13-14,20,24H,10,12H2,1-4H3,(H,29,31)(H,30,32)(H,33,34)/t20-,24-/m0/s1. The number of aliphatic carboxylic acids is 1. The van der Waals surface area contributed by atoms with Crippen LogP contribution in [0, 0.1) is 12.8 Å². The molecule has 37 heavy (non-hydrogen) atoms. The number of rotatable bonds is 10. The van der Waals surface area contributed by atoms with Crippen LogP contribution in [0.15, 0.2) is 51.7 Å². The molecule has 1 heterocycles. The van der Waals surface area contributed by atoms with E-state index in [1.54, 1.807) is 51.1 Å². The highest BCUT2D eigenvalue weighted by Gasteiger charge is 2.29. The van der Waals surface area contributed by atoms with Crippen LogP contribution in [0.1, 0.15) is 30.5 Å². The second kappa shape index (κ2) is 11.9. The van der Waals surface area contributed by atoms with Gasteiger partial charge in [-0.25, -0.2) is 9.59 Å². The molecule has 0 spiro atoms. The number of fused-ring (bicyclic) bond motifs is 1. The van der Waals surface area contributed by atoms with E-state index in [0.717, 1.165) is 5.56 Å². The SMILES string of the molecule is COc1cc2oc(=O)c(CC(=O)N[C@@H](Cc3ccccc3)C(=O)N[C@H](C(=O)O)C(C)C)c(C)c2cc1Cl. The lowest BCUT2D eigenvalue weighted by atomic mass is 10.0. The molecule has 0 saturated carbocycles. The summed E-state index contributed by atoms with van der Waals surface area (Å²) >= 11 is 6.23. The molecule has 0 aliphatic heterocycles. The number of halogens is 1. The summed E-state index contributed by atoms with van der Waals surface area (Å²) in [5.74, 6) is -2.43. The van der Waals surface area contributed by atoms with Crippen molar-refractivity contribution in [3.05, 3.63) is 74.6 Å². The van der Waals surface area contributed by atoms with Gasteiger partial charge >= 0.3 is 11.6 Å². The summed E-state index contributed by atoms with van der Waals surface area (Å²) in [4.78, 5) is 50.4. The number of aryl methyl sites for hydroxylation is 1. The Morgan fingerprint density at radius 2 is 1.78 bits per heavy atom. The molecule has 1 aromatic heterocycles. The zero-order valence-corrected chi connectivity index (χ0v) is 21.7. The summed E-state index contributed by atoms with van der Waals surface area (Å²) in [5.41, 5.74) is 0.975. The minimum Gasteiger partial charge on any atom is -0.495 e. The van der Waals surface area contributed by atoms with E-state index in [1.807, 2.05) is 6.07 Å². The zero-order valence-electron chi connectivity index (χ0n) is 21.0. The Bertz CT molecular complexity index is 1370. The second-order valence-corrected chi connectivity index (χ2v) is 9.44. The van der Waals surface area contributed by atoms with Crippen molar-refractivity contribution in [3.8, 4) is 5.75 Å². The van der Waals surface area contributed by atoms with E-state index in [1.165, 1.54) is 13.2 Å². The average molecular weight is 529 g/mol. The molecule has 0 aliphatic carbocycles. The van der Waals surface area contributed by atoms with Gasteiger partial charge in [-0.1, -0.05) is 55.8 Å². The van der Waals surface area contributed by atoms with Crippen molar-refractivity contribution in [2.45, 2.75) is 45.7 Å². The summed E-state index contributed by atoms with van der Waals surface area (Å²) in [5, 5.41) is 15.5. The number of carboxylic acid groups (broad SMARTS) is 1. The summed E-state index contributed by atoms with van der Waals surface area (Å²) in [7, 11) is 1.44. The van der Waals surface area contributed by atoms with Crippen molar-refractivity contribution < 1.29 is 28.6 Å². The minimum absolute atomic E-state index is 0.121. The van der Waals surface area contributed by atoms with Gasteiger partial charge in [0.25, 0.3) is 0 Å². The molecular weight excluding hydrogens is 500 g/mol. The number of hydrogen-bond donors (Lipinski definition) is 3. The maximum atomic E-state index is 13.1. The smallest absolute Gasteiger partial charge is 0.340 e. The normalized spacial score (nSPS) is 12.7. The Morgan fingerprint density at radius 1 is 1.11 bits per heavy atom. The Kier molecular flexibility index (Phi) is 8.94. The Labute approximate surface area is 218 Å². The van der Waals surface area contributed by atoms with E-state index in [0.29, 0.717) is 21.7 Å². The Hall–Kier alpha value is -3.85. The van der Waals surface area contributed by atoms with Crippen molar-refractivity contribution in [2.24, 2.45) is 5.92 Å². The van der Waals surface area contributed by atoms with Crippen LogP contribution >= 0.6 is 11.6 Å². The molecule has 9 nitrogen and oxygen atoms in total. The predicted molar refractivity (Wildman–Crippen MR) is 139 cm³/mol. The first-order chi connectivity index (χ1) is 17.5. The number of ether oxygens (including phenoxy) is 1. The highest BCUT2D eigenvalue weighted by molar-refractivity contribution is 6.32. The number of carbonyl (C=O) groups excluding carboxylic acids is 2. The molecule has 10 heteroatoms. The van der Waals surface area contributed by atoms with Crippen LogP contribution in [0.25, 0.3) is 11.0 Å². The molecule has 3 rings (SSSR count). The number of hydrogen-bond acceptors (Lipinski definition) is 6. The van der Waals surface area contributed by atoms with Gasteiger partial charge in [0.05, 0.1) is 24.1 Å². The van der Waals surface area contributed by atoms with Crippen LogP contribution < -0.4 is 21.0 Å². The molecular formula is C27H29ClN2O7. The summed E-state index contributed by atoms with van der Waals surface area (Å²) in [6, 6.07) is 9.91. The van der Waals surface area contributed by atoms with Crippen molar-refractivity contribution in [2.75, 3.05) is 7.11 Å². The monoisotopic (exact) mass is 528 g/mol. The number of methoxy groups -OCH3 is 1. The molecule has 0 saturated heterocycles. The van der Waals surface area contributed by atoms with Crippen LogP contribution in [0.3, 0.4) is 0 Å². The van der Waals surface area contributed by atoms with E-state index in [9.17, 15) is 24.3 Å². The van der Waals surface area contributed by atoms with Crippen molar-refractivity contribution in [1.29, 1.82) is 0 Å². The molecule has 0 aliphatic rings. The van der Waals surface area contributed by atoms with Gasteiger partial charge in [0.15, 0.2) is 0 Å². The molecule has 0 bridgehead atoms. The van der Waals surface area contributed by atoms with Crippen LogP contribution in [0.2, 0.25) is 5.02 Å². The van der Waals surface area contributed by atoms with E-state index in [4.69, 9.17) is 20.8 Å².